The Kier molecular flexibility index (Phi) is 6.71. The molecule has 8 atom stereocenters. The summed E-state index contributed by atoms with van der Waals surface area (Å²) >= 11 is 0. The minimum Gasteiger partial charge on any atom is -0.338 e. The lowest BCUT2D eigenvalue weighted by Crippen LogP contribution is -2.60. The second-order valence-electron chi connectivity index (χ2n) is 12.2. The predicted molar refractivity (Wildman–Crippen MR) is 130 cm³/mol. The molecule has 2 aliphatic heterocycles. The molecule has 0 spiro atoms. The predicted octanol–water partition coefficient (Wildman–Crippen LogP) is 1.91. The summed E-state index contributed by atoms with van der Waals surface area (Å²) in [6, 6.07) is -1.28. The van der Waals surface area contributed by atoms with Gasteiger partial charge in [-0.1, -0.05) is 38.1 Å². The van der Waals surface area contributed by atoms with Gasteiger partial charge in [0.1, 0.15) is 18.1 Å². The molecule has 1 saturated carbocycles. The topological polar surface area (TPSA) is 133 Å². The maximum atomic E-state index is 13.8. The molecule has 2 bridgehead atoms. The zero-order valence-corrected chi connectivity index (χ0v) is 22.0. The lowest BCUT2D eigenvalue weighted by atomic mass is 9.81. The Balaban J connectivity index is 1.38. The van der Waals surface area contributed by atoms with Crippen molar-refractivity contribution < 1.29 is 27.6 Å². The molecular formula is C26H32F3N7O3. The van der Waals surface area contributed by atoms with Gasteiger partial charge in [-0.15, -0.1) is 5.10 Å². The standard InChI is InChI=1S/C26H32F3N7O3/c1-25(2,3)21(33-24(39)26(27,28)29)23(38)35-12-18-13-4-5-14(8-13)19(18)20(35)22(37)32-15(10-30)9-16-6-7-17-11-31-34-36(16)17/h4-5,11,13-16,18-21H,6-9,12H2,1-3H3,(H,32,37)(H,33,39)/t13-,14+,15?,16?,18-,19+,20+,21-/m1/s1. The molecule has 210 valence electrons. The molecule has 1 saturated heterocycles. The molecule has 10 nitrogen and oxygen atoms in total. The van der Waals surface area contributed by atoms with Gasteiger partial charge in [0.2, 0.25) is 11.8 Å². The van der Waals surface area contributed by atoms with Crippen molar-refractivity contribution >= 4 is 17.7 Å². The number of halogens is 3. The minimum absolute atomic E-state index is 0.0216. The molecule has 1 aromatic heterocycles. The Bertz CT molecular complexity index is 1230. The van der Waals surface area contributed by atoms with Crippen LogP contribution < -0.4 is 10.6 Å². The molecule has 2 aliphatic carbocycles. The maximum absolute atomic E-state index is 13.8. The summed E-state index contributed by atoms with van der Waals surface area (Å²) in [7, 11) is 0. The Morgan fingerprint density at radius 1 is 1.18 bits per heavy atom. The highest BCUT2D eigenvalue weighted by molar-refractivity contribution is 5.94. The third kappa shape index (κ3) is 4.89. The number of aromatic nitrogens is 3. The van der Waals surface area contributed by atoms with Gasteiger partial charge in [-0.05, 0) is 48.3 Å². The first-order valence-electron chi connectivity index (χ1n) is 13.2. The molecule has 0 aromatic carbocycles. The molecule has 3 amide bonds. The van der Waals surface area contributed by atoms with E-state index in [2.05, 4.69) is 27.8 Å². The summed E-state index contributed by atoms with van der Waals surface area (Å²) in [5.41, 5.74) is -0.0949. The molecule has 0 radical (unpaired) electrons. The fourth-order valence-electron chi connectivity index (χ4n) is 6.89. The van der Waals surface area contributed by atoms with E-state index in [-0.39, 0.29) is 36.3 Å². The van der Waals surface area contributed by atoms with Gasteiger partial charge in [0.15, 0.2) is 0 Å². The fraction of sp³-hybridized carbons (Fsp3) is 0.692. The molecule has 5 rings (SSSR count). The number of likely N-dealkylation sites (tertiary alicyclic amines) is 1. The van der Waals surface area contributed by atoms with E-state index in [1.807, 2.05) is 11.4 Å². The summed E-state index contributed by atoms with van der Waals surface area (Å²) in [6.07, 6.45) is 3.33. The van der Waals surface area contributed by atoms with Crippen LogP contribution in [0.3, 0.4) is 0 Å². The number of carbonyl (C=O) groups excluding carboxylic acids is 3. The second-order valence-corrected chi connectivity index (χ2v) is 12.2. The molecule has 2 unspecified atom stereocenters. The van der Waals surface area contributed by atoms with Crippen molar-refractivity contribution in [3.05, 3.63) is 24.0 Å². The number of allylic oxidation sites excluding steroid dienone is 2. The Labute approximate surface area is 224 Å². The van der Waals surface area contributed by atoms with Crippen LogP contribution in [0.5, 0.6) is 0 Å². The lowest BCUT2D eigenvalue weighted by molar-refractivity contribution is -0.176. The molecular weight excluding hydrogens is 515 g/mol. The molecule has 1 aromatic rings. The average molecular weight is 548 g/mol. The van der Waals surface area contributed by atoms with Gasteiger partial charge in [-0.3, -0.25) is 14.4 Å². The summed E-state index contributed by atoms with van der Waals surface area (Å²) in [5.74, 6) is -3.45. The number of aryl methyl sites for hydroxylation is 1. The van der Waals surface area contributed by atoms with E-state index < -0.39 is 47.4 Å². The van der Waals surface area contributed by atoms with Crippen molar-refractivity contribution in [3.63, 3.8) is 0 Å². The van der Waals surface area contributed by atoms with Gasteiger partial charge < -0.3 is 15.5 Å². The molecule has 4 aliphatic rings. The number of nitriles is 1. The molecule has 2 fully saturated rings. The molecule has 2 N–H and O–H groups in total. The van der Waals surface area contributed by atoms with Crippen molar-refractivity contribution in [1.82, 2.24) is 30.5 Å². The Hall–Kier alpha value is -3.43. The van der Waals surface area contributed by atoms with Gasteiger partial charge in [-0.25, -0.2) is 4.68 Å². The number of hydrogen-bond donors (Lipinski definition) is 2. The quantitative estimate of drug-likeness (QED) is 0.523. The van der Waals surface area contributed by atoms with Crippen LogP contribution in [0.15, 0.2) is 18.3 Å². The number of amides is 3. The zero-order valence-electron chi connectivity index (χ0n) is 22.0. The van der Waals surface area contributed by atoms with Gasteiger partial charge in [0, 0.05) is 13.0 Å². The van der Waals surface area contributed by atoms with E-state index in [0.29, 0.717) is 6.42 Å². The third-order valence-corrected chi connectivity index (χ3v) is 8.70. The van der Waals surface area contributed by atoms with E-state index in [1.54, 1.807) is 31.6 Å². The molecule has 13 heteroatoms. The van der Waals surface area contributed by atoms with E-state index in [0.717, 1.165) is 25.0 Å². The van der Waals surface area contributed by atoms with Gasteiger partial charge in [-0.2, -0.15) is 18.4 Å². The number of carbonyl (C=O) groups is 3. The SMILES string of the molecule is CC(C)(C)[C@H](NC(=O)C(F)(F)F)C(=O)N1C[C@H]2[C@@H]([C@H]1C(=O)NC(C#N)CC1CCc3cnnn31)[C@H]1C=C[C@@H]2C1. The van der Waals surface area contributed by atoms with Crippen LogP contribution in [-0.2, 0) is 20.8 Å². The van der Waals surface area contributed by atoms with E-state index in [1.165, 1.54) is 4.90 Å². The first-order valence-corrected chi connectivity index (χ1v) is 13.2. The highest BCUT2D eigenvalue weighted by Crippen LogP contribution is 2.54. The number of fused-ring (bicyclic) bond motifs is 6. The third-order valence-electron chi connectivity index (χ3n) is 8.70. The van der Waals surface area contributed by atoms with Crippen molar-refractivity contribution in [2.75, 3.05) is 6.54 Å². The highest BCUT2D eigenvalue weighted by atomic mass is 19.4. The van der Waals surface area contributed by atoms with E-state index >= 15 is 0 Å². The summed E-state index contributed by atoms with van der Waals surface area (Å²) < 4.78 is 41.1. The summed E-state index contributed by atoms with van der Waals surface area (Å²) in [4.78, 5) is 40.8. The van der Waals surface area contributed by atoms with Gasteiger partial charge in [0.05, 0.1) is 24.0 Å². The summed E-state index contributed by atoms with van der Waals surface area (Å²) in [6.45, 7) is 4.89. The monoisotopic (exact) mass is 547 g/mol. The molecule has 39 heavy (non-hydrogen) atoms. The number of rotatable bonds is 6. The Morgan fingerprint density at radius 2 is 1.90 bits per heavy atom. The highest BCUT2D eigenvalue weighted by Gasteiger charge is 2.59. The van der Waals surface area contributed by atoms with Crippen LogP contribution in [0.2, 0.25) is 0 Å². The number of hydrogen-bond acceptors (Lipinski definition) is 6. The maximum Gasteiger partial charge on any atom is 0.471 e. The van der Waals surface area contributed by atoms with E-state index in [4.69, 9.17) is 0 Å². The average Bonchev–Trinajstić information content (AvgIpc) is 3.65. The largest absolute Gasteiger partial charge is 0.471 e. The van der Waals surface area contributed by atoms with Crippen LogP contribution in [0.4, 0.5) is 13.2 Å². The fourth-order valence-corrected chi connectivity index (χ4v) is 6.89. The van der Waals surface area contributed by atoms with E-state index in [9.17, 15) is 32.8 Å². The van der Waals surface area contributed by atoms with Gasteiger partial charge in [0.25, 0.3) is 0 Å². The van der Waals surface area contributed by atoms with Crippen LogP contribution in [-0.4, -0.2) is 68.5 Å². The summed E-state index contributed by atoms with van der Waals surface area (Å²) in [5, 5.41) is 22.5. The smallest absolute Gasteiger partial charge is 0.338 e. The first kappa shape index (κ1) is 27.1. The number of nitrogens with one attached hydrogen (secondary N) is 2. The van der Waals surface area contributed by atoms with Gasteiger partial charge >= 0.3 is 12.1 Å². The number of nitrogens with zero attached hydrogens (tertiary/aromatic N) is 5. The first-order chi connectivity index (χ1) is 18.3. The van der Waals surface area contributed by atoms with Crippen molar-refractivity contribution in [2.45, 2.75) is 76.8 Å². The van der Waals surface area contributed by atoms with Crippen LogP contribution in [0, 0.1) is 40.4 Å². The van der Waals surface area contributed by atoms with Crippen molar-refractivity contribution in [3.8, 4) is 6.07 Å². The minimum atomic E-state index is -5.16. The lowest BCUT2D eigenvalue weighted by Gasteiger charge is -2.37. The Morgan fingerprint density at radius 3 is 2.56 bits per heavy atom. The van der Waals surface area contributed by atoms with Crippen molar-refractivity contribution in [2.24, 2.45) is 29.1 Å². The van der Waals surface area contributed by atoms with Crippen LogP contribution >= 0.6 is 0 Å². The zero-order chi connectivity index (χ0) is 28.3. The normalized spacial score (nSPS) is 30.4. The second kappa shape index (κ2) is 9.64. The number of alkyl halides is 3. The van der Waals surface area contributed by atoms with Crippen LogP contribution in [0.1, 0.15) is 51.8 Å². The van der Waals surface area contributed by atoms with Crippen molar-refractivity contribution in [1.29, 1.82) is 5.26 Å². The molecule has 3 heterocycles. The van der Waals surface area contributed by atoms with Crippen LogP contribution in [0.25, 0.3) is 0 Å².